The molecule has 1 fully saturated rings. The van der Waals surface area contributed by atoms with Gasteiger partial charge in [-0.05, 0) is 25.0 Å². The second-order valence-corrected chi connectivity index (χ2v) is 4.42. The summed E-state index contributed by atoms with van der Waals surface area (Å²) >= 11 is 3.37. The van der Waals surface area contributed by atoms with Crippen LogP contribution in [-0.4, -0.2) is 5.78 Å². The summed E-state index contributed by atoms with van der Waals surface area (Å²) < 4.78 is 0.984. The van der Waals surface area contributed by atoms with E-state index >= 15 is 0 Å². The van der Waals surface area contributed by atoms with Crippen LogP contribution in [0, 0.1) is 5.92 Å². The van der Waals surface area contributed by atoms with Crippen LogP contribution in [0.15, 0.2) is 28.7 Å². The third kappa shape index (κ3) is 1.83. The Morgan fingerprint density at radius 2 is 2.15 bits per heavy atom. The minimum atomic E-state index is 0.300. The highest BCUT2D eigenvalue weighted by Gasteiger charge is 2.25. The number of halogens is 1. The highest BCUT2D eigenvalue weighted by Crippen LogP contribution is 2.30. The molecule has 2 heteroatoms. The van der Waals surface area contributed by atoms with Crippen molar-refractivity contribution in [3.05, 3.63) is 34.3 Å². The summed E-state index contributed by atoms with van der Waals surface area (Å²) in [6.45, 7) is 0. The molecule has 0 bridgehead atoms. The first-order valence-electron chi connectivity index (χ1n) is 4.57. The fourth-order valence-corrected chi connectivity index (χ4v) is 1.95. The Bertz CT molecular complexity index is 329. The van der Waals surface area contributed by atoms with E-state index in [1.54, 1.807) is 0 Å². The fraction of sp³-hybridized carbons (Fsp3) is 0.364. The van der Waals surface area contributed by atoms with Crippen LogP contribution in [0.2, 0.25) is 0 Å². The molecule has 1 aromatic carbocycles. The highest BCUT2D eigenvalue weighted by atomic mass is 79.9. The van der Waals surface area contributed by atoms with Crippen molar-refractivity contribution in [1.29, 1.82) is 0 Å². The molecule has 0 unspecified atom stereocenters. The number of rotatable bonds is 2. The van der Waals surface area contributed by atoms with E-state index in [2.05, 4.69) is 15.9 Å². The van der Waals surface area contributed by atoms with Gasteiger partial charge in [0.2, 0.25) is 0 Å². The maximum Gasteiger partial charge on any atom is 0.165 e. The lowest BCUT2D eigenvalue weighted by Gasteiger charge is -2.23. The van der Waals surface area contributed by atoms with Crippen LogP contribution in [0.1, 0.15) is 29.6 Å². The maximum atomic E-state index is 11.8. The molecule has 0 N–H and O–H groups in total. The summed E-state index contributed by atoms with van der Waals surface area (Å²) in [5.41, 5.74) is 0.846. The summed E-state index contributed by atoms with van der Waals surface area (Å²) in [5, 5.41) is 0. The minimum absolute atomic E-state index is 0.300. The van der Waals surface area contributed by atoms with Crippen molar-refractivity contribution in [1.82, 2.24) is 0 Å². The average Bonchev–Trinajstić information content (AvgIpc) is 2.01. The largest absolute Gasteiger partial charge is 0.294 e. The van der Waals surface area contributed by atoms with Gasteiger partial charge >= 0.3 is 0 Å². The summed E-state index contributed by atoms with van der Waals surface area (Å²) in [4.78, 5) is 11.8. The van der Waals surface area contributed by atoms with Crippen molar-refractivity contribution in [2.75, 3.05) is 0 Å². The Morgan fingerprint density at radius 3 is 2.69 bits per heavy atom. The number of Topliss-reactive ketones (excluding diaryl/α,β-unsaturated/α-hetero) is 1. The molecular formula is C11H11BrO. The van der Waals surface area contributed by atoms with E-state index in [1.807, 2.05) is 24.3 Å². The van der Waals surface area contributed by atoms with Crippen LogP contribution in [-0.2, 0) is 0 Å². The fourth-order valence-electron chi connectivity index (χ4n) is 1.55. The maximum absolute atomic E-state index is 11.8. The van der Waals surface area contributed by atoms with Crippen LogP contribution in [0.25, 0.3) is 0 Å². The van der Waals surface area contributed by atoms with Crippen molar-refractivity contribution in [3.8, 4) is 0 Å². The Kier molecular flexibility index (Phi) is 2.49. The molecule has 0 aromatic heterocycles. The third-order valence-electron chi connectivity index (χ3n) is 2.59. The number of benzene rings is 1. The molecule has 0 heterocycles. The zero-order valence-electron chi connectivity index (χ0n) is 7.29. The predicted octanol–water partition coefficient (Wildman–Crippen LogP) is 3.43. The Hall–Kier alpha value is -0.630. The zero-order valence-corrected chi connectivity index (χ0v) is 8.88. The number of ketones is 1. The molecule has 0 saturated heterocycles. The van der Waals surface area contributed by atoms with Crippen molar-refractivity contribution in [2.24, 2.45) is 5.92 Å². The molecule has 1 aliphatic carbocycles. The normalized spacial score (nSPS) is 16.7. The van der Waals surface area contributed by atoms with Gasteiger partial charge in [-0.2, -0.15) is 0 Å². The van der Waals surface area contributed by atoms with Crippen LogP contribution in [0.4, 0.5) is 0 Å². The second-order valence-electron chi connectivity index (χ2n) is 3.50. The monoisotopic (exact) mass is 238 g/mol. The first-order chi connectivity index (χ1) is 6.27. The minimum Gasteiger partial charge on any atom is -0.294 e. The smallest absolute Gasteiger partial charge is 0.165 e. The van der Waals surface area contributed by atoms with Crippen LogP contribution >= 0.6 is 15.9 Å². The molecule has 1 saturated carbocycles. The lowest BCUT2D eigenvalue weighted by Crippen LogP contribution is -2.21. The molecule has 68 valence electrons. The van der Waals surface area contributed by atoms with E-state index < -0.39 is 0 Å². The second kappa shape index (κ2) is 3.62. The molecule has 2 rings (SSSR count). The van der Waals surface area contributed by atoms with Crippen LogP contribution in [0.3, 0.4) is 0 Å². The molecule has 0 atom stereocenters. The Morgan fingerprint density at radius 1 is 1.38 bits per heavy atom. The van der Waals surface area contributed by atoms with Gasteiger partial charge in [-0.1, -0.05) is 34.5 Å². The molecule has 1 aromatic rings. The average molecular weight is 239 g/mol. The standard InChI is InChI=1S/C11H11BrO/c12-10-6-2-5-9(7-10)11(13)8-3-1-4-8/h2,5-8H,1,3-4H2. The Balaban J connectivity index is 2.19. The van der Waals surface area contributed by atoms with Gasteiger partial charge in [0, 0.05) is 16.0 Å². The van der Waals surface area contributed by atoms with E-state index in [0.29, 0.717) is 11.7 Å². The highest BCUT2D eigenvalue weighted by molar-refractivity contribution is 9.10. The summed E-state index contributed by atoms with van der Waals surface area (Å²) in [6, 6.07) is 7.65. The zero-order chi connectivity index (χ0) is 9.26. The first-order valence-corrected chi connectivity index (χ1v) is 5.36. The van der Waals surface area contributed by atoms with Gasteiger partial charge in [-0.25, -0.2) is 0 Å². The lowest BCUT2D eigenvalue weighted by molar-refractivity contribution is 0.0855. The third-order valence-corrected chi connectivity index (χ3v) is 3.08. The van der Waals surface area contributed by atoms with Gasteiger partial charge in [-0.3, -0.25) is 4.79 Å². The molecule has 13 heavy (non-hydrogen) atoms. The molecule has 0 radical (unpaired) electrons. The Labute approximate surface area is 86.3 Å². The van der Waals surface area contributed by atoms with E-state index in [4.69, 9.17) is 0 Å². The van der Waals surface area contributed by atoms with E-state index in [0.717, 1.165) is 22.9 Å². The van der Waals surface area contributed by atoms with Gasteiger partial charge in [0.1, 0.15) is 0 Å². The molecule has 0 amide bonds. The lowest BCUT2D eigenvalue weighted by atomic mass is 9.80. The number of hydrogen-bond acceptors (Lipinski definition) is 1. The quantitative estimate of drug-likeness (QED) is 0.722. The summed E-state index contributed by atoms with van der Waals surface area (Å²) in [7, 11) is 0. The van der Waals surface area contributed by atoms with Gasteiger partial charge in [0.15, 0.2) is 5.78 Å². The number of hydrogen-bond donors (Lipinski definition) is 0. The van der Waals surface area contributed by atoms with Crippen molar-refractivity contribution >= 4 is 21.7 Å². The van der Waals surface area contributed by atoms with E-state index in [-0.39, 0.29) is 0 Å². The number of carbonyl (C=O) groups is 1. The van der Waals surface area contributed by atoms with Crippen molar-refractivity contribution < 1.29 is 4.79 Å². The van der Waals surface area contributed by atoms with Crippen LogP contribution < -0.4 is 0 Å². The van der Waals surface area contributed by atoms with Gasteiger partial charge in [0.05, 0.1) is 0 Å². The number of carbonyl (C=O) groups excluding carboxylic acids is 1. The summed E-state index contributed by atoms with van der Waals surface area (Å²) in [5.74, 6) is 0.613. The molecular weight excluding hydrogens is 228 g/mol. The molecule has 0 aliphatic heterocycles. The first kappa shape index (κ1) is 8.95. The van der Waals surface area contributed by atoms with E-state index in [9.17, 15) is 4.79 Å². The predicted molar refractivity (Wildman–Crippen MR) is 55.8 cm³/mol. The van der Waals surface area contributed by atoms with Crippen LogP contribution in [0.5, 0.6) is 0 Å². The van der Waals surface area contributed by atoms with Crippen molar-refractivity contribution in [3.63, 3.8) is 0 Å². The summed E-state index contributed by atoms with van der Waals surface area (Å²) in [6.07, 6.45) is 3.36. The topological polar surface area (TPSA) is 17.1 Å². The van der Waals surface area contributed by atoms with Crippen molar-refractivity contribution in [2.45, 2.75) is 19.3 Å². The molecule has 0 spiro atoms. The molecule has 1 nitrogen and oxygen atoms in total. The van der Waals surface area contributed by atoms with Gasteiger partial charge < -0.3 is 0 Å². The van der Waals surface area contributed by atoms with Gasteiger partial charge in [-0.15, -0.1) is 0 Å². The van der Waals surface area contributed by atoms with Gasteiger partial charge in [0.25, 0.3) is 0 Å². The molecule has 1 aliphatic rings. The van der Waals surface area contributed by atoms with E-state index in [1.165, 1.54) is 6.42 Å². The SMILES string of the molecule is O=C(c1cccc(Br)c1)C1CCC1.